The van der Waals surface area contributed by atoms with Gasteiger partial charge in [-0.05, 0) is 24.3 Å². The highest BCUT2D eigenvalue weighted by Crippen LogP contribution is 2.29. The lowest BCUT2D eigenvalue weighted by atomic mass is 10.3. The van der Waals surface area contributed by atoms with Gasteiger partial charge in [0.1, 0.15) is 12.4 Å². The van der Waals surface area contributed by atoms with Crippen LogP contribution in [0, 0.1) is 11.6 Å². The quantitative estimate of drug-likeness (QED) is 0.276. The van der Waals surface area contributed by atoms with Crippen LogP contribution in [0.1, 0.15) is 0 Å². The van der Waals surface area contributed by atoms with E-state index in [1.807, 2.05) is 0 Å². The first-order valence-corrected chi connectivity index (χ1v) is 7.40. The molecular formula is C17H20F2IN3O3. The summed E-state index contributed by atoms with van der Waals surface area (Å²) in [5.41, 5.74) is 6.46. The summed E-state index contributed by atoms with van der Waals surface area (Å²) < 4.78 is 41.7. The molecular weight excluding hydrogens is 459 g/mol. The minimum Gasteiger partial charge on any atom is -0.493 e. The number of hydrogen-bond acceptors (Lipinski definition) is 4. The number of guanidine groups is 1. The molecule has 0 atom stereocenters. The van der Waals surface area contributed by atoms with Gasteiger partial charge in [-0.1, -0.05) is 0 Å². The van der Waals surface area contributed by atoms with E-state index in [0.717, 1.165) is 12.1 Å². The van der Waals surface area contributed by atoms with Crippen LogP contribution in [0.5, 0.6) is 17.2 Å². The summed E-state index contributed by atoms with van der Waals surface area (Å²) in [5, 5.41) is 2.90. The summed E-state index contributed by atoms with van der Waals surface area (Å²) in [6.07, 6.45) is 0. The third-order valence-corrected chi connectivity index (χ3v) is 3.18. The van der Waals surface area contributed by atoms with Gasteiger partial charge in [0, 0.05) is 17.8 Å². The van der Waals surface area contributed by atoms with Crippen LogP contribution >= 0.6 is 24.0 Å². The van der Waals surface area contributed by atoms with Gasteiger partial charge in [-0.2, -0.15) is 0 Å². The van der Waals surface area contributed by atoms with Gasteiger partial charge < -0.3 is 25.3 Å². The highest BCUT2D eigenvalue weighted by Gasteiger charge is 2.06. The van der Waals surface area contributed by atoms with E-state index in [1.165, 1.54) is 13.2 Å². The molecule has 0 aliphatic heterocycles. The van der Waals surface area contributed by atoms with Crippen molar-refractivity contribution < 1.29 is 23.0 Å². The van der Waals surface area contributed by atoms with Crippen LogP contribution in [0.4, 0.5) is 14.5 Å². The molecule has 2 rings (SSSR count). The maximum atomic E-state index is 13.4. The second-order valence-corrected chi connectivity index (χ2v) is 4.88. The molecule has 0 saturated carbocycles. The Labute approximate surface area is 167 Å². The van der Waals surface area contributed by atoms with Crippen LogP contribution in [0.25, 0.3) is 0 Å². The molecule has 0 aliphatic rings. The number of halogens is 3. The Hall–Kier alpha value is -2.30. The normalized spacial score (nSPS) is 10.7. The minimum absolute atomic E-state index is 0. The predicted molar refractivity (Wildman–Crippen MR) is 107 cm³/mol. The average Bonchev–Trinajstić information content (AvgIpc) is 2.60. The van der Waals surface area contributed by atoms with E-state index in [9.17, 15) is 8.78 Å². The molecule has 0 radical (unpaired) electrons. The van der Waals surface area contributed by atoms with Crippen LogP contribution < -0.4 is 25.3 Å². The van der Waals surface area contributed by atoms with Crippen molar-refractivity contribution in [2.45, 2.75) is 0 Å². The van der Waals surface area contributed by atoms with E-state index >= 15 is 0 Å². The van der Waals surface area contributed by atoms with Gasteiger partial charge in [0.05, 0.1) is 20.8 Å². The maximum Gasteiger partial charge on any atom is 0.193 e. The van der Waals surface area contributed by atoms with Gasteiger partial charge in [-0.3, -0.25) is 0 Å². The second-order valence-electron chi connectivity index (χ2n) is 4.88. The fourth-order valence-electron chi connectivity index (χ4n) is 2.02. The first-order valence-electron chi connectivity index (χ1n) is 7.40. The van der Waals surface area contributed by atoms with Crippen molar-refractivity contribution in [3.8, 4) is 17.2 Å². The molecule has 0 heterocycles. The van der Waals surface area contributed by atoms with Crippen molar-refractivity contribution in [2.75, 3.05) is 32.7 Å². The number of aliphatic imine (C=N–C) groups is 1. The average molecular weight is 479 g/mol. The smallest absolute Gasteiger partial charge is 0.193 e. The topological polar surface area (TPSA) is 78.1 Å². The standard InChI is InChI=1S/C17H19F2N3O3.HI/c1-23-15-6-4-12(10-16(15)24-2)22-17(20)21-7-8-25-14-5-3-11(18)9-13(14)19;/h3-6,9-10H,7-8H2,1-2H3,(H3,20,21,22);1H. The van der Waals surface area contributed by atoms with Crippen molar-refractivity contribution >= 4 is 35.6 Å². The summed E-state index contributed by atoms with van der Waals surface area (Å²) in [5.74, 6) is -0.154. The van der Waals surface area contributed by atoms with E-state index in [1.54, 1.807) is 25.3 Å². The summed E-state index contributed by atoms with van der Waals surface area (Å²) in [4.78, 5) is 4.07. The molecule has 9 heteroatoms. The Morgan fingerprint density at radius 2 is 1.73 bits per heavy atom. The number of rotatable bonds is 7. The number of anilines is 1. The Kier molecular flexibility index (Phi) is 8.90. The van der Waals surface area contributed by atoms with E-state index in [-0.39, 0.29) is 48.8 Å². The summed E-state index contributed by atoms with van der Waals surface area (Å²) >= 11 is 0. The summed E-state index contributed by atoms with van der Waals surface area (Å²) in [6.45, 7) is 0.291. The van der Waals surface area contributed by atoms with Gasteiger partial charge in [0.15, 0.2) is 29.0 Å². The number of methoxy groups -OCH3 is 2. The SMILES string of the molecule is COc1ccc(NC(N)=NCCOc2ccc(F)cc2F)cc1OC.I. The number of nitrogens with two attached hydrogens (primary N) is 1. The van der Waals surface area contributed by atoms with Gasteiger partial charge in [0.2, 0.25) is 0 Å². The highest BCUT2D eigenvalue weighted by atomic mass is 127. The largest absolute Gasteiger partial charge is 0.493 e. The lowest BCUT2D eigenvalue weighted by Gasteiger charge is -2.11. The molecule has 26 heavy (non-hydrogen) atoms. The lowest BCUT2D eigenvalue weighted by Crippen LogP contribution is -2.23. The number of nitrogens with one attached hydrogen (secondary N) is 1. The molecule has 2 aromatic rings. The first-order chi connectivity index (χ1) is 12.0. The van der Waals surface area contributed by atoms with Gasteiger partial charge >= 0.3 is 0 Å². The second kappa shape index (κ2) is 10.6. The van der Waals surface area contributed by atoms with Gasteiger partial charge in [-0.15, -0.1) is 24.0 Å². The Balaban J connectivity index is 0.00000338. The van der Waals surface area contributed by atoms with Gasteiger partial charge in [-0.25, -0.2) is 13.8 Å². The van der Waals surface area contributed by atoms with Crippen LogP contribution in [-0.4, -0.2) is 33.3 Å². The predicted octanol–water partition coefficient (Wildman–Crippen LogP) is 3.41. The van der Waals surface area contributed by atoms with Crippen molar-refractivity contribution in [1.29, 1.82) is 0 Å². The molecule has 6 nitrogen and oxygen atoms in total. The third-order valence-electron chi connectivity index (χ3n) is 3.18. The number of nitrogens with zero attached hydrogens (tertiary/aromatic N) is 1. The van der Waals surface area contributed by atoms with Crippen LogP contribution in [0.15, 0.2) is 41.4 Å². The minimum atomic E-state index is -0.764. The maximum absolute atomic E-state index is 13.4. The van der Waals surface area contributed by atoms with Crippen LogP contribution in [-0.2, 0) is 0 Å². The fourth-order valence-corrected chi connectivity index (χ4v) is 2.02. The summed E-state index contributed by atoms with van der Waals surface area (Å²) in [7, 11) is 3.08. The monoisotopic (exact) mass is 479 g/mol. The van der Waals surface area contributed by atoms with Crippen LogP contribution in [0.3, 0.4) is 0 Å². The highest BCUT2D eigenvalue weighted by molar-refractivity contribution is 14.0. The van der Waals surface area contributed by atoms with Crippen molar-refractivity contribution in [1.82, 2.24) is 0 Å². The van der Waals surface area contributed by atoms with E-state index in [0.29, 0.717) is 17.2 Å². The molecule has 2 aromatic carbocycles. The number of hydrogen-bond donors (Lipinski definition) is 2. The Morgan fingerprint density at radius 3 is 2.38 bits per heavy atom. The molecule has 0 saturated heterocycles. The molecule has 142 valence electrons. The Bertz CT molecular complexity index is 760. The zero-order valence-corrected chi connectivity index (χ0v) is 16.6. The number of ether oxygens (including phenoxy) is 3. The molecule has 0 bridgehead atoms. The molecule has 0 amide bonds. The van der Waals surface area contributed by atoms with E-state index < -0.39 is 11.6 Å². The summed E-state index contributed by atoms with van der Waals surface area (Å²) in [6, 6.07) is 8.30. The zero-order chi connectivity index (χ0) is 18.2. The molecule has 0 spiro atoms. The molecule has 0 fully saturated rings. The third kappa shape index (κ3) is 6.21. The molecule has 0 aliphatic carbocycles. The van der Waals surface area contributed by atoms with Crippen molar-refractivity contribution in [3.05, 3.63) is 48.0 Å². The zero-order valence-electron chi connectivity index (χ0n) is 14.3. The van der Waals surface area contributed by atoms with Gasteiger partial charge in [0.25, 0.3) is 0 Å². The molecule has 0 unspecified atom stereocenters. The first kappa shape index (κ1) is 21.7. The van der Waals surface area contributed by atoms with Crippen LogP contribution in [0.2, 0.25) is 0 Å². The van der Waals surface area contributed by atoms with Crippen molar-refractivity contribution in [2.24, 2.45) is 10.7 Å². The lowest BCUT2D eigenvalue weighted by molar-refractivity contribution is 0.310. The fraction of sp³-hybridized carbons (Fsp3) is 0.235. The van der Waals surface area contributed by atoms with Crippen molar-refractivity contribution in [3.63, 3.8) is 0 Å². The Morgan fingerprint density at radius 1 is 1.04 bits per heavy atom. The van der Waals surface area contributed by atoms with E-state index in [2.05, 4.69) is 10.3 Å². The number of benzene rings is 2. The molecule has 3 N–H and O–H groups in total. The van der Waals surface area contributed by atoms with E-state index in [4.69, 9.17) is 19.9 Å². The molecule has 0 aromatic heterocycles.